The number of aryl methyl sites for hydroxylation is 1. The van der Waals surface area contributed by atoms with E-state index < -0.39 is 0 Å². The highest BCUT2D eigenvalue weighted by atomic mass is 16.5. The van der Waals surface area contributed by atoms with Crippen molar-refractivity contribution in [3.8, 4) is 5.75 Å². The quantitative estimate of drug-likeness (QED) is 0.841. The minimum atomic E-state index is -0.203. The van der Waals surface area contributed by atoms with E-state index in [2.05, 4.69) is 5.32 Å². The number of ether oxygens (including phenoxy) is 1. The fraction of sp³-hybridized carbons (Fsp3) is 0.267. The normalized spacial score (nSPS) is 10.3. The maximum absolute atomic E-state index is 11.7. The third kappa shape index (κ3) is 3.86. The van der Waals surface area contributed by atoms with E-state index in [1.165, 1.54) is 0 Å². The van der Waals surface area contributed by atoms with Crippen molar-refractivity contribution in [2.75, 3.05) is 6.61 Å². The maximum Gasteiger partial charge on any atom is 0.258 e. The van der Waals surface area contributed by atoms with Crippen molar-refractivity contribution < 1.29 is 13.9 Å². The van der Waals surface area contributed by atoms with Crippen molar-refractivity contribution in [2.24, 2.45) is 5.73 Å². The van der Waals surface area contributed by atoms with Gasteiger partial charge in [-0.1, -0.05) is 18.2 Å². The molecule has 0 saturated heterocycles. The van der Waals surface area contributed by atoms with Crippen LogP contribution in [0.5, 0.6) is 5.75 Å². The zero-order chi connectivity index (χ0) is 14.4. The SMILES string of the molecule is Cc1ccc(CNC(=O)COc2ccccc2CN)o1. The van der Waals surface area contributed by atoms with E-state index in [-0.39, 0.29) is 12.5 Å². The fourth-order valence-corrected chi connectivity index (χ4v) is 1.77. The van der Waals surface area contributed by atoms with E-state index in [1.54, 1.807) is 6.07 Å². The molecule has 2 rings (SSSR count). The number of carbonyl (C=O) groups is 1. The molecule has 0 unspecified atom stereocenters. The summed E-state index contributed by atoms with van der Waals surface area (Å²) in [6.07, 6.45) is 0. The van der Waals surface area contributed by atoms with Gasteiger partial charge in [-0.2, -0.15) is 0 Å². The van der Waals surface area contributed by atoms with Gasteiger partial charge in [0.1, 0.15) is 17.3 Å². The van der Waals surface area contributed by atoms with Gasteiger partial charge >= 0.3 is 0 Å². The summed E-state index contributed by atoms with van der Waals surface area (Å²) < 4.78 is 10.8. The number of carbonyl (C=O) groups excluding carboxylic acids is 1. The van der Waals surface area contributed by atoms with E-state index in [1.807, 2.05) is 37.3 Å². The summed E-state index contributed by atoms with van der Waals surface area (Å²) in [5.74, 6) is 1.98. The molecule has 5 nitrogen and oxygen atoms in total. The zero-order valence-corrected chi connectivity index (χ0v) is 11.4. The van der Waals surface area contributed by atoms with Gasteiger partial charge in [-0.25, -0.2) is 0 Å². The third-order valence-corrected chi connectivity index (χ3v) is 2.81. The van der Waals surface area contributed by atoms with Crippen LogP contribution in [0.1, 0.15) is 17.1 Å². The largest absolute Gasteiger partial charge is 0.483 e. The first-order valence-corrected chi connectivity index (χ1v) is 6.42. The van der Waals surface area contributed by atoms with E-state index in [9.17, 15) is 4.79 Å². The third-order valence-electron chi connectivity index (χ3n) is 2.81. The molecule has 0 fully saturated rings. The lowest BCUT2D eigenvalue weighted by Crippen LogP contribution is -2.28. The van der Waals surface area contributed by atoms with Crippen LogP contribution >= 0.6 is 0 Å². The average Bonchev–Trinajstić information content (AvgIpc) is 2.89. The Bertz CT molecular complexity index is 578. The zero-order valence-electron chi connectivity index (χ0n) is 11.4. The molecule has 0 aliphatic rings. The molecule has 0 radical (unpaired) electrons. The molecule has 0 aliphatic heterocycles. The second-order valence-corrected chi connectivity index (χ2v) is 4.39. The molecule has 1 heterocycles. The molecule has 2 aromatic rings. The Hall–Kier alpha value is -2.27. The van der Waals surface area contributed by atoms with Gasteiger partial charge in [0.25, 0.3) is 5.91 Å². The van der Waals surface area contributed by atoms with Gasteiger partial charge in [-0.15, -0.1) is 0 Å². The van der Waals surface area contributed by atoms with E-state index in [0.717, 1.165) is 17.1 Å². The molecule has 0 aliphatic carbocycles. The van der Waals surface area contributed by atoms with Crippen LogP contribution < -0.4 is 15.8 Å². The summed E-state index contributed by atoms with van der Waals surface area (Å²) >= 11 is 0. The Labute approximate surface area is 117 Å². The van der Waals surface area contributed by atoms with E-state index >= 15 is 0 Å². The molecular weight excluding hydrogens is 256 g/mol. The van der Waals surface area contributed by atoms with Crippen molar-refractivity contribution in [3.63, 3.8) is 0 Å². The van der Waals surface area contributed by atoms with Crippen LogP contribution in [0.4, 0.5) is 0 Å². The Morgan fingerprint density at radius 2 is 2.10 bits per heavy atom. The number of para-hydroxylation sites is 1. The van der Waals surface area contributed by atoms with Crippen molar-refractivity contribution in [2.45, 2.75) is 20.0 Å². The van der Waals surface area contributed by atoms with Crippen molar-refractivity contribution >= 4 is 5.91 Å². The van der Waals surface area contributed by atoms with Crippen LogP contribution in [-0.4, -0.2) is 12.5 Å². The predicted molar refractivity (Wildman–Crippen MR) is 75.1 cm³/mol. The number of nitrogens with one attached hydrogen (secondary N) is 1. The van der Waals surface area contributed by atoms with Gasteiger partial charge in [-0.3, -0.25) is 4.79 Å². The standard InChI is InChI=1S/C15H18N2O3/c1-11-6-7-13(20-11)9-17-15(18)10-19-14-5-3-2-4-12(14)8-16/h2-7H,8-10,16H2,1H3,(H,17,18). The lowest BCUT2D eigenvalue weighted by atomic mass is 10.2. The van der Waals surface area contributed by atoms with Crippen molar-refractivity contribution in [3.05, 3.63) is 53.5 Å². The molecule has 0 bridgehead atoms. The van der Waals surface area contributed by atoms with Gasteiger partial charge in [0.05, 0.1) is 6.54 Å². The summed E-state index contributed by atoms with van der Waals surface area (Å²) in [7, 11) is 0. The summed E-state index contributed by atoms with van der Waals surface area (Å²) in [6, 6.07) is 11.1. The first-order chi connectivity index (χ1) is 9.69. The first kappa shape index (κ1) is 14.1. The molecular formula is C15H18N2O3. The highest BCUT2D eigenvalue weighted by molar-refractivity contribution is 5.77. The van der Waals surface area contributed by atoms with Crippen LogP contribution in [0.3, 0.4) is 0 Å². The smallest absolute Gasteiger partial charge is 0.258 e. The first-order valence-electron chi connectivity index (χ1n) is 6.42. The molecule has 1 amide bonds. The number of amides is 1. The van der Waals surface area contributed by atoms with E-state index in [4.69, 9.17) is 14.9 Å². The fourth-order valence-electron chi connectivity index (χ4n) is 1.77. The lowest BCUT2D eigenvalue weighted by Gasteiger charge is -2.09. The molecule has 1 aromatic carbocycles. The maximum atomic E-state index is 11.7. The van der Waals surface area contributed by atoms with E-state index in [0.29, 0.717) is 18.8 Å². The monoisotopic (exact) mass is 274 g/mol. The van der Waals surface area contributed by atoms with Gasteiger partial charge in [0.15, 0.2) is 6.61 Å². The van der Waals surface area contributed by atoms with Crippen LogP contribution in [0.25, 0.3) is 0 Å². The molecule has 0 saturated carbocycles. The Kier molecular flexibility index (Phi) is 4.79. The van der Waals surface area contributed by atoms with Gasteiger partial charge < -0.3 is 20.2 Å². The Morgan fingerprint density at radius 3 is 2.80 bits per heavy atom. The summed E-state index contributed by atoms with van der Waals surface area (Å²) in [6.45, 7) is 2.55. The molecule has 3 N–H and O–H groups in total. The molecule has 1 aromatic heterocycles. The number of hydrogen-bond acceptors (Lipinski definition) is 4. The second-order valence-electron chi connectivity index (χ2n) is 4.39. The Morgan fingerprint density at radius 1 is 1.30 bits per heavy atom. The highest BCUT2D eigenvalue weighted by Gasteiger charge is 2.06. The minimum absolute atomic E-state index is 0.0449. The summed E-state index contributed by atoms with van der Waals surface area (Å²) in [5, 5.41) is 2.73. The molecule has 20 heavy (non-hydrogen) atoms. The number of benzene rings is 1. The van der Waals surface area contributed by atoms with Gasteiger partial charge in [-0.05, 0) is 25.1 Å². The van der Waals surface area contributed by atoms with Crippen molar-refractivity contribution in [1.82, 2.24) is 5.32 Å². The van der Waals surface area contributed by atoms with Crippen LogP contribution in [0.2, 0.25) is 0 Å². The summed E-state index contributed by atoms with van der Waals surface area (Å²) in [5.41, 5.74) is 6.48. The number of hydrogen-bond donors (Lipinski definition) is 2. The van der Waals surface area contributed by atoms with Gasteiger partial charge in [0, 0.05) is 12.1 Å². The van der Waals surface area contributed by atoms with Crippen molar-refractivity contribution in [1.29, 1.82) is 0 Å². The van der Waals surface area contributed by atoms with Crippen LogP contribution in [-0.2, 0) is 17.9 Å². The topological polar surface area (TPSA) is 77.5 Å². The second kappa shape index (κ2) is 6.77. The lowest BCUT2D eigenvalue weighted by molar-refractivity contribution is -0.123. The minimum Gasteiger partial charge on any atom is -0.483 e. The highest BCUT2D eigenvalue weighted by Crippen LogP contribution is 2.16. The molecule has 5 heteroatoms. The van der Waals surface area contributed by atoms with Gasteiger partial charge in [0.2, 0.25) is 0 Å². The molecule has 0 atom stereocenters. The molecule has 106 valence electrons. The Balaban J connectivity index is 1.80. The average molecular weight is 274 g/mol. The number of furan rings is 1. The van der Waals surface area contributed by atoms with Crippen LogP contribution in [0, 0.1) is 6.92 Å². The predicted octanol–water partition coefficient (Wildman–Crippen LogP) is 1.74. The number of rotatable bonds is 6. The van der Waals surface area contributed by atoms with Crippen LogP contribution in [0.15, 0.2) is 40.8 Å². The number of nitrogens with two attached hydrogens (primary N) is 1. The molecule has 0 spiro atoms. The summed E-state index contributed by atoms with van der Waals surface area (Å²) in [4.78, 5) is 11.7.